The van der Waals surface area contributed by atoms with Crippen molar-refractivity contribution >= 4 is 46.4 Å². The summed E-state index contributed by atoms with van der Waals surface area (Å²) in [4.78, 5) is 0. The molecule has 0 aromatic heterocycles. The molecule has 11 heteroatoms. The van der Waals surface area contributed by atoms with Crippen LogP contribution in [0.3, 0.4) is 0 Å². The van der Waals surface area contributed by atoms with Crippen LogP contribution in [-0.4, -0.2) is 92.1 Å². The van der Waals surface area contributed by atoms with E-state index in [0.717, 1.165) is 0 Å². The molecular weight excluding hydrogens is 398 g/mol. The molecule has 136 valence electrons. The average molecular weight is 416 g/mol. The summed E-state index contributed by atoms with van der Waals surface area (Å²) in [7, 11) is 0. The number of hydrogen-bond acceptors (Lipinski definition) is 7. The molecule has 2 saturated heterocycles. The third-order valence-corrected chi connectivity index (χ3v) is 5.45. The van der Waals surface area contributed by atoms with Gasteiger partial charge in [0.1, 0.15) is 30.5 Å². The molecule has 2 heterocycles. The van der Waals surface area contributed by atoms with Crippen LogP contribution in [0.1, 0.15) is 0 Å². The number of halogens is 4. The van der Waals surface area contributed by atoms with E-state index in [4.69, 9.17) is 60.6 Å². The largest absolute Gasteiger partial charge is 0.389 e. The average Bonchev–Trinajstić information content (AvgIpc) is 2.80. The zero-order valence-electron chi connectivity index (χ0n) is 11.8. The predicted octanol–water partition coefficient (Wildman–Crippen LogP) is -0.410. The Labute approximate surface area is 152 Å². The molecule has 2 rings (SSSR count). The van der Waals surface area contributed by atoms with Crippen LogP contribution >= 0.6 is 46.4 Å². The predicted molar refractivity (Wildman–Crippen MR) is 83.2 cm³/mol. The van der Waals surface area contributed by atoms with E-state index in [2.05, 4.69) is 0 Å². The van der Waals surface area contributed by atoms with E-state index in [0.29, 0.717) is 0 Å². The molecule has 0 saturated carbocycles. The first-order chi connectivity index (χ1) is 10.8. The van der Waals surface area contributed by atoms with Gasteiger partial charge in [0, 0.05) is 0 Å². The highest BCUT2D eigenvalue weighted by Gasteiger charge is 2.58. The summed E-state index contributed by atoms with van der Waals surface area (Å²) in [6, 6.07) is 0. The molecule has 0 aliphatic carbocycles. The second-order valence-corrected chi connectivity index (χ2v) is 6.82. The Morgan fingerprint density at radius 2 is 1.52 bits per heavy atom. The zero-order chi connectivity index (χ0) is 17.4. The van der Waals surface area contributed by atoms with Crippen molar-refractivity contribution in [2.75, 3.05) is 17.6 Å². The lowest BCUT2D eigenvalue weighted by atomic mass is 10.0. The van der Waals surface area contributed by atoms with Crippen molar-refractivity contribution in [3.63, 3.8) is 0 Å². The number of aliphatic hydroxyl groups is 4. The number of hydrogen-bond donors (Lipinski definition) is 4. The van der Waals surface area contributed by atoms with E-state index >= 15 is 0 Å². The van der Waals surface area contributed by atoms with Crippen molar-refractivity contribution in [1.82, 2.24) is 0 Å². The highest BCUT2D eigenvalue weighted by molar-refractivity contribution is 6.23. The highest BCUT2D eigenvalue weighted by atomic mass is 35.5. The molecule has 0 aromatic carbocycles. The summed E-state index contributed by atoms with van der Waals surface area (Å²) in [6.45, 7) is 0. The maximum absolute atomic E-state index is 10.2. The van der Waals surface area contributed by atoms with E-state index in [1.54, 1.807) is 0 Å². The van der Waals surface area contributed by atoms with E-state index in [-0.39, 0.29) is 17.6 Å². The van der Waals surface area contributed by atoms with Crippen LogP contribution in [0.4, 0.5) is 0 Å². The summed E-state index contributed by atoms with van der Waals surface area (Å²) in [5.74, 6) is -2.40. The van der Waals surface area contributed by atoms with Crippen molar-refractivity contribution in [2.45, 2.75) is 54.1 Å². The number of ether oxygens (including phenoxy) is 3. The lowest BCUT2D eigenvalue weighted by Gasteiger charge is -2.43. The van der Waals surface area contributed by atoms with Crippen LogP contribution in [0.2, 0.25) is 0 Å². The van der Waals surface area contributed by atoms with Crippen LogP contribution < -0.4 is 0 Å². The molecule has 23 heavy (non-hydrogen) atoms. The fraction of sp³-hybridized carbons (Fsp3) is 1.00. The lowest BCUT2D eigenvalue weighted by molar-refractivity contribution is -0.354. The molecule has 0 aromatic rings. The minimum Gasteiger partial charge on any atom is -0.389 e. The molecule has 2 aliphatic rings. The van der Waals surface area contributed by atoms with Crippen LogP contribution in [-0.2, 0) is 14.2 Å². The maximum atomic E-state index is 10.2. The van der Waals surface area contributed by atoms with Crippen LogP contribution in [0.5, 0.6) is 0 Å². The molecule has 2 aliphatic heterocycles. The van der Waals surface area contributed by atoms with Gasteiger partial charge in [-0.3, -0.25) is 0 Å². The van der Waals surface area contributed by atoms with Gasteiger partial charge in [-0.2, -0.15) is 0 Å². The van der Waals surface area contributed by atoms with E-state index < -0.39 is 54.1 Å². The first kappa shape index (κ1) is 20.2. The van der Waals surface area contributed by atoms with Crippen molar-refractivity contribution in [3.8, 4) is 0 Å². The second kappa shape index (κ2) is 8.05. The van der Waals surface area contributed by atoms with Gasteiger partial charge in [0.15, 0.2) is 6.29 Å². The number of aliphatic hydroxyl groups excluding tert-OH is 4. The van der Waals surface area contributed by atoms with Gasteiger partial charge < -0.3 is 34.6 Å². The van der Waals surface area contributed by atoms with E-state index in [9.17, 15) is 20.4 Å². The minimum atomic E-state index is -1.86. The Balaban J connectivity index is 2.18. The van der Waals surface area contributed by atoms with Crippen molar-refractivity contribution in [1.29, 1.82) is 0 Å². The third-order valence-electron chi connectivity index (χ3n) is 3.93. The first-order valence-electron chi connectivity index (χ1n) is 6.86. The van der Waals surface area contributed by atoms with Crippen LogP contribution in [0.15, 0.2) is 0 Å². The maximum Gasteiger partial charge on any atom is 0.214 e. The van der Waals surface area contributed by atoms with E-state index in [1.807, 2.05) is 0 Å². The Morgan fingerprint density at radius 1 is 0.913 bits per heavy atom. The zero-order valence-corrected chi connectivity index (χ0v) is 14.8. The molecule has 4 N–H and O–H groups in total. The van der Waals surface area contributed by atoms with Gasteiger partial charge in [0.2, 0.25) is 5.79 Å². The van der Waals surface area contributed by atoms with Gasteiger partial charge in [0.05, 0.1) is 29.1 Å². The Kier molecular flexibility index (Phi) is 7.07. The molecule has 2 fully saturated rings. The molecule has 0 amide bonds. The third kappa shape index (κ3) is 3.71. The SMILES string of the molecule is OC1C(OC2(CCl)OC(CCl)C(O)C2O)OC(CCl)C(Cl)C1O. The summed E-state index contributed by atoms with van der Waals surface area (Å²) < 4.78 is 16.3. The Hall–Kier alpha value is 0.880. The topological polar surface area (TPSA) is 109 Å². The van der Waals surface area contributed by atoms with Crippen molar-refractivity contribution in [3.05, 3.63) is 0 Å². The fourth-order valence-corrected chi connectivity index (χ4v) is 3.72. The standard InChI is InChI=1S/C12H18Cl4O7/c13-1-4-6(16)8(18)9(19)11(21-4)23-12(3-15)10(20)7(17)5(2-14)22-12/h4-11,17-20H,1-3H2. The number of rotatable bonds is 5. The molecule has 9 atom stereocenters. The molecule has 0 bridgehead atoms. The van der Waals surface area contributed by atoms with Crippen molar-refractivity contribution in [2.24, 2.45) is 0 Å². The van der Waals surface area contributed by atoms with Gasteiger partial charge in [0.25, 0.3) is 0 Å². The Bertz CT molecular complexity index is 404. The molecule has 0 spiro atoms. The van der Waals surface area contributed by atoms with Gasteiger partial charge in [-0.05, 0) is 0 Å². The van der Waals surface area contributed by atoms with E-state index in [1.165, 1.54) is 0 Å². The van der Waals surface area contributed by atoms with Gasteiger partial charge in [-0.1, -0.05) is 0 Å². The van der Waals surface area contributed by atoms with Gasteiger partial charge >= 0.3 is 0 Å². The normalized spacial score (nSPS) is 51.1. The minimum absolute atomic E-state index is 0.0535. The molecule has 9 unspecified atom stereocenters. The molecular formula is C12H18Cl4O7. The lowest BCUT2D eigenvalue weighted by Crippen LogP contribution is -2.60. The van der Waals surface area contributed by atoms with Crippen molar-refractivity contribution < 1.29 is 34.6 Å². The molecule has 0 radical (unpaired) electrons. The summed E-state index contributed by atoms with van der Waals surface area (Å²) in [5.41, 5.74) is 0. The van der Waals surface area contributed by atoms with Crippen LogP contribution in [0.25, 0.3) is 0 Å². The summed E-state index contributed by atoms with van der Waals surface area (Å²) in [6.07, 6.45) is -8.90. The van der Waals surface area contributed by atoms with Crippen LogP contribution in [0, 0.1) is 0 Å². The smallest absolute Gasteiger partial charge is 0.214 e. The first-order valence-corrected chi connectivity index (χ1v) is 8.90. The monoisotopic (exact) mass is 414 g/mol. The van der Waals surface area contributed by atoms with Gasteiger partial charge in [-0.15, -0.1) is 46.4 Å². The fourth-order valence-electron chi connectivity index (χ4n) is 2.53. The number of alkyl halides is 4. The summed E-state index contributed by atoms with van der Waals surface area (Å²) >= 11 is 23.1. The summed E-state index contributed by atoms with van der Waals surface area (Å²) in [5, 5.41) is 39.2. The molecule has 7 nitrogen and oxygen atoms in total. The Morgan fingerprint density at radius 3 is 2.00 bits per heavy atom. The highest BCUT2D eigenvalue weighted by Crippen LogP contribution is 2.38. The van der Waals surface area contributed by atoms with Gasteiger partial charge in [-0.25, -0.2) is 0 Å². The quantitative estimate of drug-likeness (QED) is 0.452. The second-order valence-electron chi connectivity index (χ2n) is 5.43.